The van der Waals surface area contributed by atoms with Crippen LogP contribution in [0.3, 0.4) is 0 Å². The van der Waals surface area contributed by atoms with E-state index in [1.54, 1.807) is 21.3 Å². The Bertz CT molecular complexity index is 3810. The molecule has 0 atom stereocenters. The van der Waals surface area contributed by atoms with Crippen molar-refractivity contribution in [2.75, 3.05) is 21.3 Å². The van der Waals surface area contributed by atoms with Gasteiger partial charge in [-0.1, -0.05) is 91.0 Å². The lowest BCUT2D eigenvalue weighted by Crippen LogP contribution is -2.19. The monoisotopic (exact) mass is 830 g/mol. The molecule has 11 aromatic rings. The smallest absolute Gasteiger partial charge is 0.118 e. The highest BCUT2D eigenvalue weighted by Crippen LogP contribution is 2.39. The third kappa shape index (κ3) is 6.04. The fourth-order valence-corrected chi connectivity index (χ4v) is 9.78. The van der Waals surface area contributed by atoms with E-state index in [0.29, 0.717) is 0 Å². The average molecular weight is 831 g/mol. The van der Waals surface area contributed by atoms with Crippen molar-refractivity contribution in [2.24, 2.45) is 0 Å². The van der Waals surface area contributed by atoms with Gasteiger partial charge in [-0.2, -0.15) is 0 Å². The van der Waals surface area contributed by atoms with Gasteiger partial charge in [0.25, 0.3) is 0 Å². The normalized spacial score (nSPS) is 12.8. The summed E-state index contributed by atoms with van der Waals surface area (Å²) in [4.78, 5) is 15.7. The first-order valence-corrected chi connectivity index (χ1v) is 21.4. The van der Waals surface area contributed by atoms with E-state index >= 15 is 0 Å². The number of nitrogens with one attached hydrogen (secondary N) is 4. The molecule has 0 saturated carbocycles. The molecule has 0 fully saturated rings. The molecule has 0 aliphatic carbocycles. The van der Waals surface area contributed by atoms with Gasteiger partial charge in [-0.15, -0.1) is 0 Å². The number of hydrogen-bond donors (Lipinski definition) is 4. The number of aromatic nitrogens is 4. The molecule has 12 rings (SSSR count). The van der Waals surface area contributed by atoms with Gasteiger partial charge in [0, 0.05) is 66.5 Å². The van der Waals surface area contributed by atoms with E-state index in [-0.39, 0.29) is 0 Å². The molecule has 1 aliphatic rings. The van der Waals surface area contributed by atoms with Crippen LogP contribution in [0.1, 0.15) is 45.0 Å². The average Bonchev–Trinajstić information content (AvgIpc) is 4.20. The standard InChI is InChI=1S/C57H42N4O3/c1-62-39-17-9-36(10-18-39)54-44-25-27-46(58-44)55(37-11-19-40(63-2)20-12-37)48-29-31-50(60-48)57(43-24-16-35-8-7-33-5-4-6-34-15-23-42(43)53(35)52(33)34)51-32-30-49(61-51)56(47-28-26-45(54)59-47)38-13-21-41(64-3)22-14-38/h4-32,58-61H,1-3H3. The van der Waals surface area contributed by atoms with Gasteiger partial charge in [0.15, 0.2) is 0 Å². The van der Waals surface area contributed by atoms with Crippen LogP contribution in [-0.2, 0) is 0 Å². The molecule has 1 aliphatic heterocycles. The lowest BCUT2D eigenvalue weighted by molar-refractivity contribution is 0.414. The van der Waals surface area contributed by atoms with Gasteiger partial charge >= 0.3 is 0 Å². The lowest BCUT2D eigenvalue weighted by atomic mass is 9.89. The van der Waals surface area contributed by atoms with E-state index in [0.717, 1.165) is 106 Å². The Hall–Kier alpha value is -8.42. The first-order valence-electron chi connectivity index (χ1n) is 21.4. The Kier molecular flexibility index (Phi) is 8.69. The van der Waals surface area contributed by atoms with Crippen molar-refractivity contribution >= 4 is 54.6 Å². The molecule has 64 heavy (non-hydrogen) atoms. The van der Waals surface area contributed by atoms with E-state index in [1.807, 2.05) is 36.4 Å². The number of rotatable bonds is 7. The molecule has 0 spiro atoms. The maximum absolute atomic E-state index is 5.61. The van der Waals surface area contributed by atoms with Gasteiger partial charge in [-0.05, 0) is 140 Å². The number of fused-ring (bicyclic) bond motifs is 8. The Morgan fingerprint density at radius 3 is 1.08 bits per heavy atom. The van der Waals surface area contributed by atoms with Crippen LogP contribution in [0.5, 0.6) is 17.2 Å². The highest BCUT2D eigenvalue weighted by molar-refractivity contribution is 6.24. The largest absolute Gasteiger partial charge is 0.497 e. The lowest BCUT2D eigenvalue weighted by Gasteiger charge is -2.15. The summed E-state index contributed by atoms with van der Waals surface area (Å²) in [6.07, 6.45) is 0. The van der Waals surface area contributed by atoms with Crippen LogP contribution in [0.15, 0.2) is 176 Å². The third-order valence-electron chi connectivity index (χ3n) is 12.8. The summed E-state index contributed by atoms with van der Waals surface area (Å²) in [5, 5.41) is 11.3. The van der Waals surface area contributed by atoms with E-state index in [2.05, 4.69) is 159 Å². The zero-order chi connectivity index (χ0) is 42.9. The topological polar surface area (TPSA) is 90.8 Å². The van der Waals surface area contributed by atoms with Gasteiger partial charge in [-0.3, -0.25) is 0 Å². The predicted octanol–water partition coefficient (Wildman–Crippen LogP) is 9.22. The van der Waals surface area contributed by atoms with Gasteiger partial charge < -0.3 is 34.1 Å². The first-order chi connectivity index (χ1) is 31.5. The summed E-state index contributed by atoms with van der Waals surface area (Å²) in [7, 11) is 5.09. The number of H-pyrrole nitrogens is 4. The van der Waals surface area contributed by atoms with Crippen LogP contribution < -0.4 is 35.6 Å². The summed E-state index contributed by atoms with van der Waals surface area (Å²) in [6, 6.07) is 62.5. The molecule has 0 saturated heterocycles. The molecule has 4 N–H and O–H groups in total. The zero-order valence-corrected chi connectivity index (χ0v) is 35.5. The van der Waals surface area contributed by atoms with Gasteiger partial charge in [0.2, 0.25) is 0 Å². The Balaban J connectivity index is 1.21. The highest BCUT2D eigenvalue weighted by atomic mass is 16.5. The number of benzene rings is 7. The summed E-state index contributed by atoms with van der Waals surface area (Å²) >= 11 is 0. The van der Waals surface area contributed by atoms with Crippen LogP contribution in [0.25, 0.3) is 54.6 Å². The zero-order valence-electron chi connectivity index (χ0n) is 35.5. The Morgan fingerprint density at radius 2 is 0.656 bits per heavy atom. The molecule has 5 heterocycles. The molecule has 7 nitrogen and oxygen atoms in total. The van der Waals surface area contributed by atoms with Crippen LogP contribution >= 0.6 is 0 Å². The molecule has 308 valence electrons. The van der Waals surface area contributed by atoms with Crippen LogP contribution in [0.2, 0.25) is 0 Å². The molecule has 7 aromatic carbocycles. The van der Waals surface area contributed by atoms with Gasteiger partial charge in [0.1, 0.15) is 17.2 Å². The van der Waals surface area contributed by atoms with E-state index < -0.39 is 0 Å². The van der Waals surface area contributed by atoms with Crippen molar-refractivity contribution in [1.82, 2.24) is 19.9 Å². The minimum atomic E-state index is 0.797. The van der Waals surface area contributed by atoms with Crippen molar-refractivity contribution in [3.8, 4) is 17.2 Å². The second kappa shape index (κ2) is 14.9. The molecule has 0 amide bonds. The van der Waals surface area contributed by atoms with Crippen molar-refractivity contribution in [3.63, 3.8) is 0 Å². The number of ether oxygens (including phenoxy) is 3. The number of methoxy groups -OCH3 is 3. The summed E-state index contributed by atoms with van der Waals surface area (Å²) in [5.41, 5.74) is 12.3. The molecule has 7 heteroatoms. The second-order valence-electron chi connectivity index (χ2n) is 16.3. The van der Waals surface area contributed by atoms with Crippen LogP contribution in [-0.4, -0.2) is 41.3 Å². The SMILES string of the molecule is COc1ccc(C2=c3ccc([nH]3)=C(c3ccc(OC)cc3)c3ccc([nH]3)C(c3ccc4ccc5cccc6ccc3c4c56)=c3ccc([nH]3)=C(c3ccc(OC)cc3)c3ccc2[nH]3)cc1. The van der Waals surface area contributed by atoms with Crippen molar-refractivity contribution in [1.29, 1.82) is 0 Å². The molecule has 8 bridgehead atoms. The van der Waals surface area contributed by atoms with Crippen molar-refractivity contribution in [2.45, 2.75) is 0 Å². The molecular formula is C57H42N4O3. The Morgan fingerprint density at radius 1 is 0.297 bits per heavy atom. The van der Waals surface area contributed by atoms with Crippen molar-refractivity contribution < 1.29 is 14.2 Å². The molecule has 0 radical (unpaired) electrons. The summed E-state index contributed by atoms with van der Waals surface area (Å²) in [5.74, 6) is 2.39. The minimum absolute atomic E-state index is 0.797. The van der Waals surface area contributed by atoms with E-state index in [9.17, 15) is 0 Å². The van der Waals surface area contributed by atoms with E-state index in [1.165, 1.54) is 32.3 Å². The van der Waals surface area contributed by atoms with Crippen molar-refractivity contribution in [3.05, 3.63) is 242 Å². The quantitative estimate of drug-likeness (QED) is 0.121. The van der Waals surface area contributed by atoms with Gasteiger partial charge in [-0.25, -0.2) is 0 Å². The summed E-state index contributed by atoms with van der Waals surface area (Å²) < 4.78 is 16.8. The highest BCUT2D eigenvalue weighted by Gasteiger charge is 2.21. The van der Waals surface area contributed by atoms with E-state index in [4.69, 9.17) is 14.2 Å². The fourth-order valence-electron chi connectivity index (χ4n) is 9.78. The first kappa shape index (κ1) is 37.4. The molecule has 4 aromatic heterocycles. The van der Waals surface area contributed by atoms with Gasteiger partial charge in [0.05, 0.1) is 21.3 Å². The Labute approximate surface area is 368 Å². The number of aromatic amines is 4. The molecular weight excluding hydrogens is 789 g/mol. The maximum atomic E-state index is 5.61. The second-order valence-corrected chi connectivity index (χ2v) is 16.3. The third-order valence-corrected chi connectivity index (χ3v) is 12.8. The predicted molar refractivity (Wildman–Crippen MR) is 257 cm³/mol. The van der Waals surface area contributed by atoms with Crippen LogP contribution in [0.4, 0.5) is 0 Å². The number of hydrogen-bond acceptors (Lipinski definition) is 3. The summed E-state index contributed by atoms with van der Waals surface area (Å²) in [6.45, 7) is 0. The van der Waals surface area contributed by atoms with Crippen LogP contribution in [0, 0.1) is 0 Å². The maximum Gasteiger partial charge on any atom is 0.118 e. The fraction of sp³-hybridized carbons (Fsp3) is 0.0526. The minimum Gasteiger partial charge on any atom is -0.497 e. The molecule has 0 unspecified atom stereocenters.